The van der Waals surface area contributed by atoms with E-state index in [9.17, 15) is 4.79 Å². The summed E-state index contributed by atoms with van der Waals surface area (Å²) in [5.74, 6) is 0.339. The van der Waals surface area contributed by atoms with Crippen LogP contribution in [0.25, 0.3) is 11.0 Å². The molecule has 0 saturated heterocycles. The molecular formula is C15H20N2O2. The van der Waals surface area contributed by atoms with Crippen LogP contribution in [0.2, 0.25) is 0 Å². The lowest BCUT2D eigenvalue weighted by Crippen LogP contribution is -2.27. The number of hydrogen-bond acceptors (Lipinski definition) is 3. The molecule has 0 spiro atoms. The van der Waals surface area contributed by atoms with E-state index in [1.807, 2.05) is 24.3 Å². The number of rotatable bonds is 6. The Morgan fingerprint density at radius 3 is 2.79 bits per heavy atom. The quantitative estimate of drug-likeness (QED) is 0.812. The number of para-hydroxylation sites is 1. The van der Waals surface area contributed by atoms with E-state index in [2.05, 4.69) is 0 Å². The van der Waals surface area contributed by atoms with Gasteiger partial charge in [-0.15, -0.1) is 0 Å². The first-order valence-electron chi connectivity index (χ1n) is 6.66. The van der Waals surface area contributed by atoms with Crippen LogP contribution in [0.3, 0.4) is 0 Å². The van der Waals surface area contributed by atoms with E-state index >= 15 is 0 Å². The van der Waals surface area contributed by atoms with Crippen LogP contribution in [-0.4, -0.2) is 30.9 Å². The lowest BCUT2D eigenvalue weighted by Gasteiger charge is -2.15. The van der Waals surface area contributed by atoms with Crippen molar-refractivity contribution >= 4 is 16.9 Å². The summed E-state index contributed by atoms with van der Waals surface area (Å²) < 4.78 is 5.57. The van der Waals surface area contributed by atoms with E-state index in [4.69, 9.17) is 10.2 Å². The first-order valence-corrected chi connectivity index (χ1v) is 6.66. The molecule has 0 bridgehead atoms. The van der Waals surface area contributed by atoms with Crippen molar-refractivity contribution in [2.45, 2.75) is 19.3 Å². The van der Waals surface area contributed by atoms with Crippen molar-refractivity contribution in [3.05, 3.63) is 36.1 Å². The zero-order chi connectivity index (χ0) is 13.7. The van der Waals surface area contributed by atoms with Crippen molar-refractivity contribution in [2.75, 3.05) is 20.1 Å². The molecule has 1 heterocycles. The summed E-state index contributed by atoms with van der Waals surface area (Å²) in [4.78, 5) is 13.9. The van der Waals surface area contributed by atoms with Gasteiger partial charge in [0, 0.05) is 19.0 Å². The maximum Gasteiger partial charge on any atom is 0.289 e. The van der Waals surface area contributed by atoms with Crippen molar-refractivity contribution in [1.29, 1.82) is 0 Å². The van der Waals surface area contributed by atoms with Gasteiger partial charge in [-0.05, 0) is 31.5 Å². The number of amides is 1. The summed E-state index contributed by atoms with van der Waals surface area (Å²) in [5, 5.41) is 0.961. The Kier molecular flexibility index (Phi) is 4.58. The topological polar surface area (TPSA) is 59.5 Å². The summed E-state index contributed by atoms with van der Waals surface area (Å²) >= 11 is 0. The Morgan fingerprint density at radius 1 is 1.26 bits per heavy atom. The van der Waals surface area contributed by atoms with E-state index in [1.165, 1.54) is 0 Å². The minimum absolute atomic E-state index is 0.0658. The third-order valence-electron chi connectivity index (χ3n) is 3.18. The van der Waals surface area contributed by atoms with E-state index in [0.717, 1.165) is 36.8 Å². The molecule has 0 aliphatic carbocycles. The Balaban J connectivity index is 1.98. The summed E-state index contributed by atoms with van der Waals surface area (Å²) in [7, 11) is 1.80. The first kappa shape index (κ1) is 13.6. The predicted molar refractivity (Wildman–Crippen MR) is 76.1 cm³/mol. The molecule has 19 heavy (non-hydrogen) atoms. The molecule has 1 amide bonds. The highest BCUT2D eigenvalue weighted by atomic mass is 16.3. The molecule has 0 aliphatic rings. The number of nitrogens with two attached hydrogens (primary N) is 1. The zero-order valence-electron chi connectivity index (χ0n) is 11.3. The highest BCUT2D eigenvalue weighted by molar-refractivity contribution is 5.95. The van der Waals surface area contributed by atoms with Crippen molar-refractivity contribution in [3.63, 3.8) is 0 Å². The minimum Gasteiger partial charge on any atom is -0.451 e. The third kappa shape index (κ3) is 3.35. The van der Waals surface area contributed by atoms with Gasteiger partial charge < -0.3 is 15.1 Å². The largest absolute Gasteiger partial charge is 0.451 e. The maximum absolute atomic E-state index is 12.2. The fourth-order valence-electron chi connectivity index (χ4n) is 2.05. The van der Waals surface area contributed by atoms with Crippen LogP contribution in [0.4, 0.5) is 0 Å². The van der Waals surface area contributed by atoms with Gasteiger partial charge in [0.2, 0.25) is 0 Å². The number of hydrogen-bond donors (Lipinski definition) is 1. The smallest absolute Gasteiger partial charge is 0.289 e. The molecule has 102 valence electrons. The van der Waals surface area contributed by atoms with E-state index < -0.39 is 0 Å². The second-order valence-electron chi connectivity index (χ2n) is 4.72. The lowest BCUT2D eigenvalue weighted by atomic mass is 10.2. The second kappa shape index (κ2) is 6.38. The van der Waals surface area contributed by atoms with Crippen molar-refractivity contribution in [2.24, 2.45) is 5.73 Å². The van der Waals surface area contributed by atoms with Crippen LogP contribution >= 0.6 is 0 Å². The average Bonchev–Trinajstić information content (AvgIpc) is 2.86. The van der Waals surface area contributed by atoms with Crippen molar-refractivity contribution < 1.29 is 9.21 Å². The van der Waals surface area contributed by atoms with Crippen LogP contribution in [0, 0.1) is 0 Å². The monoisotopic (exact) mass is 260 g/mol. The van der Waals surface area contributed by atoms with Crippen LogP contribution < -0.4 is 5.73 Å². The van der Waals surface area contributed by atoms with Crippen LogP contribution in [-0.2, 0) is 0 Å². The number of carbonyl (C=O) groups excluding carboxylic acids is 1. The maximum atomic E-state index is 12.2. The molecule has 2 aromatic rings. The van der Waals surface area contributed by atoms with Gasteiger partial charge in [0.25, 0.3) is 5.91 Å². The number of unbranched alkanes of at least 4 members (excludes halogenated alkanes) is 2. The highest BCUT2D eigenvalue weighted by Gasteiger charge is 2.16. The molecule has 1 aromatic heterocycles. The van der Waals surface area contributed by atoms with Crippen LogP contribution in [0.1, 0.15) is 29.8 Å². The first-order chi connectivity index (χ1) is 9.22. The summed E-state index contributed by atoms with van der Waals surface area (Å²) in [6.45, 7) is 1.44. The average molecular weight is 260 g/mol. The van der Waals surface area contributed by atoms with Crippen molar-refractivity contribution in [3.8, 4) is 0 Å². The van der Waals surface area contributed by atoms with Gasteiger partial charge in [-0.2, -0.15) is 0 Å². The Hall–Kier alpha value is -1.81. The van der Waals surface area contributed by atoms with Gasteiger partial charge in [-0.1, -0.05) is 24.6 Å². The molecule has 0 fully saturated rings. The number of carbonyl (C=O) groups is 1. The summed E-state index contributed by atoms with van der Waals surface area (Å²) in [5.41, 5.74) is 6.20. The number of fused-ring (bicyclic) bond motifs is 1. The van der Waals surface area contributed by atoms with Gasteiger partial charge in [-0.25, -0.2) is 0 Å². The molecule has 2 rings (SSSR count). The molecule has 4 heteroatoms. The molecule has 0 atom stereocenters. The number of furan rings is 1. The van der Waals surface area contributed by atoms with Gasteiger partial charge in [0.15, 0.2) is 5.76 Å². The predicted octanol–water partition coefficient (Wildman–Crippen LogP) is 2.63. The summed E-state index contributed by atoms with van der Waals surface area (Å²) in [6.07, 6.45) is 3.03. The molecule has 4 nitrogen and oxygen atoms in total. The van der Waals surface area contributed by atoms with E-state index in [1.54, 1.807) is 18.0 Å². The minimum atomic E-state index is -0.0658. The van der Waals surface area contributed by atoms with E-state index in [-0.39, 0.29) is 5.91 Å². The molecule has 0 unspecified atom stereocenters. The third-order valence-corrected chi connectivity index (χ3v) is 3.18. The fourth-order valence-corrected chi connectivity index (χ4v) is 2.05. The fraction of sp³-hybridized carbons (Fsp3) is 0.400. The molecule has 1 aromatic carbocycles. The SMILES string of the molecule is CN(CCCCCN)C(=O)c1cc2ccccc2o1. The van der Waals surface area contributed by atoms with Gasteiger partial charge in [0.05, 0.1) is 0 Å². The Morgan fingerprint density at radius 2 is 2.05 bits per heavy atom. The molecular weight excluding hydrogens is 240 g/mol. The Bertz CT molecular complexity index is 515. The van der Waals surface area contributed by atoms with Crippen LogP contribution in [0.5, 0.6) is 0 Å². The molecule has 0 saturated carbocycles. The molecule has 0 aliphatic heterocycles. The molecule has 2 N–H and O–H groups in total. The van der Waals surface area contributed by atoms with E-state index in [0.29, 0.717) is 12.3 Å². The second-order valence-corrected chi connectivity index (χ2v) is 4.72. The van der Waals surface area contributed by atoms with Crippen LogP contribution in [0.15, 0.2) is 34.7 Å². The van der Waals surface area contributed by atoms with Crippen molar-refractivity contribution in [1.82, 2.24) is 4.90 Å². The van der Waals surface area contributed by atoms with Gasteiger partial charge >= 0.3 is 0 Å². The zero-order valence-corrected chi connectivity index (χ0v) is 11.3. The standard InChI is InChI=1S/C15H20N2O2/c1-17(10-6-2-5-9-16)15(18)14-11-12-7-3-4-8-13(12)19-14/h3-4,7-8,11H,2,5-6,9-10,16H2,1H3. The number of benzene rings is 1. The Labute approximate surface area is 113 Å². The van der Waals surface area contributed by atoms with Gasteiger partial charge in [-0.3, -0.25) is 4.79 Å². The van der Waals surface area contributed by atoms with Gasteiger partial charge in [0.1, 0.15) is 5.58 Å². The molecule has 0 radical (unpaired) electrons. The highest BCUT2D eigenvalue weighted by Crippen LogP contribution is 2.19. The lowest BCUT2D eigenvalue weighted by molar-refractivity contribution is 0.0763. The number of nitrogens with zero attached hydrogens (tertiary/aromatic N) is 1. The summed E-state index contributed by atoms with van der Waals surface area (Å²) in [6, 6.07) is 9.44. The normalized spacial score (nSPS) is 10.8.